The minimum absolute atomic E-state index is 0.109. The molecular formula is C12H19N3O3S. The second-order valence-corrected chi connectivity index (χ2v) is 5.26. The lowest BCUT2D eigenvalue weighted by Crippen LogP contribution is -2.49. The summed E-state index contributed by atoms with van der Waals surface area (Å²) in [5, 5.41) is 17.0. The topological polar surface area (TPSA) is 91.3 Å². The third kappa shape index (κ3) is 5.25. The highest BCUT2D eigenvalue weighted by atomic mass is 32.1. The average molecular weight is 285 g/mol. The molecule has 19 heavy (non-hydrogen) atoms. The first-order valence-corrected chi connectivity index (χ1v) is 7.08. The van der Waals surface area contributed by atoms with E-state index in [-0.39, 0.29) is 5.92 Å². The van der Waals surface area contributed by atoms with Crippen molar-refractivity contribution in [1.82, 2.24) is 15.6 Å². The van der Waals surface area contributed by atoms with Gasteiger partial charge < -0.3 is 15.7 Å². The number of urea groups is 1. The normalized spacial score (nSPS) is 13.6. The lowest BCUT2D eigenvalue weighted by atomic mass is 9.99. The second kappa shape index (κ2) is 7.73. The summed E-state index contributed by atoms with van der Waals surface area (Å²) in [6.45, 7) is 4.13. The number of amides is 2. The molecule has 0 unspecified atom stereocenters. The fourth-order valence-electron chi connectivity index (χ4n) is 1.53. The van der Waals surface area contributed by atoms with Gasteiger partial charge in [0.1, 0.15) is 6.04 Å². The van der Waals surface area contributed by atoms with Gasteiger partial charge in [0.25, 0.3) is 0 Å². The van der Waals surface area contributed by atoms with Crippen molar-refractivity contribution in [2.24, 2.45) is 5.92 Å². The SMILES string of the molecule is CC[C@H](C)[C@H](NC(=O)NCCc1nccs1)C(=O)O. The van der Waals surface area contributed by atoms with E-state index in [1.165, 1.54) is 11.3 Å². The van der Waals surface area contributed by atoms with E-state index in [9.17, 15) is 9.59 Å². The van der Waals surface area contributed by atoms with E-state index >= 15 is 0 Å². The van der Waals surface area contributed by atoms with Gasteiger partial charge in [-0.05, 0) is 5.92 Å². The highest BCUT2D eigenvalue weighted by Crippen LogP contribution is 2.07. The molecule has 2 amide bonds. The van der Waals surface area contributed by atoms with Crippen LogP contribution in [-0.4, -0.2) is 34.7 Å². The zero-order valence-corrected chi connectivity index (χ0v) is 11.9. The van der Waals surface area contributed by atoms with Gasteiger partial charge in [0.05, 0.1) is 5.01 Å². The zero-order chi connectivity index (χ0) is 14.3. The predicted octanol–water partition coefficient (Wildman–Crippen LogP) is 1.48. The molecule has 0 aromatic carbocycles. The number of nitrogens with zero attached hydrogens (tertiary/aromatic N) is 1. The molecule has 0 saturated heterocycles. The summed E-state index contributed by atoms with van der Waals surface area (Å²) < 4.78 is 0. The summed E-state index contributed by atoms with van der Waals surface area (Å²) in [6.07, 6.45) is 3.05. The monoisotopic (exact) mass is 285 g/mol. The van der Waals surface area contributed by atoms with Crippen LogP contribution in [0.3, 0.4) is 0 Å². The molecule has 106 valence electrons. The molecule has 0 bridgehead atoms. The van der Waals surface area contributed by atoms with Crippen LogP contribution in [-0.2, 0) is 11.2 Å². The number of carbonyl (C=O) groups is 2. The lowest BCUT2D eigenvalue weighted by Gasteiger charge is -2.20. The molecule has 1 aromatic rings. The smallest absolute Gasteiger partial charge is 0.326 e. The molecular weight excluding hydrogens is 266 g/mol. The maximum absolute atomic E-state index is 11.6. The Labute approximate surface area is 116 Å². The second-order valence-electron chi connectivity index (χ2n) is 4.28. The largest absolute Gasteiger partial charge is 0.480 e. The maximum atomic E-state index is 11.6. The Morgan fingerprint density at radius 2 is 2.26 bits per heavy atom. The zero-order valence-electron chi connectivity index (χ0n) is 11.0. The number of nitrogens with one attached hydrogen (secondary N) is 2. The summed E-state index contributed by atoms with van der Waals surface area (Å²) >= 11 is 1.52. The Hall–Kier alpha value is -1.63. The first-order chi connectivity index (χ1) is 9.04. The number of carboxylic acid groups (broad SMARTS) is 1. The average Bonchev–Trinajstić information content (AvgIpc) is 2.87. The molecule has 0 aliphatic rings. The van der Waals surface area contributed by atoms with Crippen LogP contribution in [0.15, 0.2) is 11.6 Å². The quantitative estimate of drug-likeness (QED) is 0.707. The van der Waals surface area contributed by atoms with Crippen LogP contribution in [0.2, 0.25) is 0 Å². The van der Waals surface area contributed by atoms with Gasteiger partial charge in [0, 0.05) is 24.5 Å². The molecule has 0 saturated carbocycles. The van der Waals surface area contributed by atoms with Gasteiger partial charge in [-0.2, -0.15) is 0 Å². The molecule has 6 nitrogen and oxygen atoms in total. The van der Waals surface area contributed by atoms with Crippen molar-refractivity contribution >= 4 is 23.3 Å². The Morgan fingerprint density at radius 3 is 2.79 bits per heavy atom. The van der Waals surface area contributed by atoms with Crippen molar-refractivity contribution in [2.75, 3.05) is 6.54 Å². The van der Waals surface area contributed by atoms with Crippen LogP contribution in [0.5, 0.6) is 0 Å². The lowest BCUT2D eigenvalue weighted by molar-refractivity contribution is -0.140. The number of carboxylic acids is 1. The van der Waals surface area contributed by atoms with Crippen LogP contribution >= 0.6 is 11.3 Å². The molecule has 0 spiro atoms. The molecule has 0 aliphatic heterocycles. The summed E-state index contributed by atoms with van der Waals surface area (Å²) in [5.74, 6) is -1.12. The van der Waals surface area contributed by atoms with Gasteiger partial charge in [0.15, 0.2) is 0 Å². The van der Waals surface area contributed by atoms with Gasteiger partial charge in [-0.15, -0.1) is 11.3 Å². The number of hydrogen-bond donors (Lipinski definition) is 3. The number of hydrogen-bond acceptors (Lipinski definition) is 4. The number of rotatable bonds is 7. The van der Waals surface area contributed by atoms with E-state index in [4.69, 9.17) is 5.11 Å². The third-order valence-electron chi connectivity index (χ3n) is 2.87. The van der Waals surface area contributed by atoms with E-state index in [1.54, 1.807) is 13.1 Å². The van der Waals surface area contributed by atoms with Crippen LogP contribution < -0.4 is 10.6 Å². The third-order valence-corrected chi connectivity index (χ3v) is 3.71. The predicted molar refractivity (Wildman–Crippen MR) is 73.2 cm³/mol. The first-order valence-electron chi connectivity index (χ1n) is 6.20. The minimum Gasteiger partial charge on any atom is -0.480 e. The molecule has 0 fully saturated rings. The number of thiazole rings is 1. The van der Waals surface area contributed by atoms with Crippen LogP contribution in [0.25, 0.3) is 0 Å². The summed E-state index contributed by atoms with van der Waals surface area (Å²) in [7, 11) is 0. The van der Waals surface area contributed by atoms with Crippen molar-refractivity contribution in [3.8, 4) is 0 Å². The van der Waals surface area contributed by atoms with Crippen molar-refractivity contribution in [3.63, 3.8) is 0 Å². The molecule has 3 N–H and O–H groups in total. The first kappa shape index (κ1) is 15.4. The molecule has 7 heteroatoms. The minimum atomic E-state index is -1.01. The van der Waals surface area contributed by atoms with Crippen molar-refractivity contribution in [3.05, 3.63) is 16.6 Å². The highest BCUT2D eigenvalue weighted by molar-refractivity contribution is 7.09. The van der Waals surface area contributed by atoms with Gasteiger partial charge in [-0.3, -0.25) is 0 Å². The fourth-order valence-corrected chi connectivity index (χ4v) is 2.16. The number of carbonyl (C=O) groups excluding carboxylic acids is 1. The standard InChI is InChI=1S/C12H19N3O3S/c1-3-8(2)10(11(16)17)15-12(18)14-5-4-9-13-6-7-19-9/h6-8,10H,3-5H2,1-2H3,(H,16,17)(H2,14,15,18)/t8-,10-/m0/s1. The fraction of sp³-hybridized carbons (Fsp3) is 0.583. The Balaban J connectivity index is 2.34. The van der Waals surface area contributed by atoms with E-state index in [0.29, 0.717) is 19.4 Å². The Bertz CT molecular complexity index is 408. The maximum Gasteiger partial charge on any atom is 0.326 e. The van der Waals surface area contributed by atoms with E-state index in [2.05, 4.69) is 15.6 Å². The molecule has 1 aromatic heterocycles. The molecule has 1 heterocycles. The molecule has 0 radical (unpaired) electrons. The van der Waals surface area contributed by atoms with Crippen LogP contribution in [0.1, 0.15) is 25.3 Å². The molecule has 1 rings (SSSR count). The van der Waals surface area contributed by atoms with Gasteiger partial charge in [0.2, 0.25) is 0 Å². The van der Waals surface area contributed by atoms with E-state index < -0.39 is 18.0 Å². The van der Waals surface area contributed by atoms with E-state index in [0.717, 1.165) is 5.01 Å². The van der Waals surface area contributed by atoms with Crippen molar-refractivity contribution < 1.29 is 14.7 Å². The van der Waals surface area contributed by atoms with Gasteiger partial charge in [-0.1, -0.05) is 20.3 Å². The number of aliphatic carboxylic acids is 1. The van der Waals surface area contributed by atoms with Crippen LogP contribution in [0, 0.1) is 5.92 Å². The number of aromatic nitrogens is 1. The van der Waals surface area contributed by atoms with Crippen LogP contribution in [0.4, 0.5) is 4.79 Å². The summed E-state index contributed by atoms with van der Waals surface area (Å²) in [6, 6.07) is -1.31. The Kier molecular flexibility index (Phi) is 6.27. The van der Waals surface area contributed by atoms with Gasteiger partial charge in [-0.25, -0.2) is 14.6 Å². The van der Waals surface area contributed by atoms with E-state index in [1.807, 2.05) is 12.3 Å². The molecule has 0 aliphatic carbocycles. The summed E-state index contributed by atoms with van der Waals surface area (Å²) in [4.78, 5) is 26.7. The Morgan fingerprint density at radius 1 is 1.53 bits per heavy atom. The summed E-state index contributed by atoms with van der Waals surface area (Å²) in [5.41, 5.74) is 0. The van der Waals surface area contributed by atoms with Crippen molar-refractivity contribution in [2.45, 2.75) is 32.7 Å². The molecule has 2 atom stereocenters. The van der Waals surface area contributed by atoms with Crippen molar-refractivity contribution in [1.29, 1.82) is 0 Å². The highest BCUT2D eigenvalue weighted by Gasteiger charge is 2.24. The van der Waals surface area contributed by atoms with Gasteiger partial charge >= 0.3 is 12.0 Å².